The first-order chi connectivity index (χ1) is 11.3. The van der Waals surface area contributed by atoms with Crippen molar-refractivity contribution in [2.75, 3.05) is 26.2 Å². The van der Waals surface area contributed by atoms with E-state index in [1.165, 1.54) is 12.1 Å². The summed E-state index contributed by atoms with van der Waals surface area (Å²) in [5, 5.41) is 0. The fourth-order valence-electron chi connectivity index (χ4n) is 2.53. The van der Waals surface area contributed by atoms with Crippen LogP contribution < -0.4 is 0 Å². The second kappa shape index (κ2) is 7.51. The molecule has 2 amide bonds. The molecule has 0 saturated carbocycles. The van der Waals surface area contributed by atoms with Crippen molar-refractivity contribution in [1.29, 1.82) is 0 Å². The molecule has 1 aromatic rings. The van der Waals surface area contributed by atoms with Gasteiger partial charge in [-0.1, -0.05) is 6.08 Å². The van der Waals surface area contributed by atoms with E-state index >= 15 is 0 Å². The number of hydrogen-bond acceptors (Lipinski definition) is 2. The van der Waals surface area contributed by atoms with Crippen molar-refractivity contribution in [3.05, 3.63) is 48.0 Å². The fourth-order valence-corrected chi connectivity index (χ4v) is 2.53. The van der Waals surface area contributed by atoms with E-state index in [9.17, 15) is 22.8 Å². The van der Waals surface area contributed by atoms with E-state index in [0.29, 0.717) is 39.0 Å². The first kappa shape index (κ1) is 18.0. The molecule has 7 heteroatoms. The SMILES string of the molecule is C=CCCC(=O)N1CCN(C(=O)c2ccc(C(F)(F)F)cc2)CC1. The monoisotopic (exact) mass is 340 g/mol. The van der Waals surface area contributed by atoms with Crippen molar-refractivity contribution in [3.8, 4) is 0 Å². The lowest BCUT2D eigenvalue weighted by Gasteiger charge is -2.35. The van der Waals surface area contributed by atoms with E-state index in [1.807, 2.05) is 0 Å². The Balaban J connectivity index is 1.93. The number of carbonyl (C=O) groups excluding carboxylic acids is 2. The highest BCUT2D eigenvalue weighted by Gasteiger charge is 2.31. The summed E-state index contributed by atoms with van der Waals surface area (Å²) in [6, 6.07) is 4.18. The standard InChI is InChI=1S/C17H19F3N2O2/c1-2-3-4-15(23)21-9-11-22(12-10-21)16(24)13-5-7-14(8-6-13)17(18,19)20/h2,5-8H,1,3-4,9-12H2. The van der Waals surface area contributed by atoms with Crippen LogP contribution in [0.3, 0.4) is 0 Å². The third-order valence-corrected chi connectivity index (χ3v) is 3.94. The van der Waals surface area contributed by atoms with Gasteiger partial charge in [-0.15, -0.1) is 6.58 Å². The Bertz CT molecular complexity index is 603. The van der Waals surface area contributed by atoms with Gasteiger partial charge in [-0.3, -0.25) is 9.59 Å². The molecule has 0 unspecified atom stereocenters. The normalized spacial score (nSPS) is 15.3. The molecule has 0 radical (unpaired) electrons. The molecule has 0 aliphatic carbocycles. The van der Waals surface area contributed by atoms with Crippen LogP contribution in [-0.2, 0) is 11.0 Å². The predicted molar refractivity (Wildman–Crippen MR) is 83.4 cm³/mol. The van der Waals surface area contributed by atoms with Crippen molar-refractivity contribution in [2.45, 2.75) is 19.0 Å². The molecule has 1 saturated heterocycles. The van der Waals surface area contributed by atoms with Gasteiger partial charge in [0.2, 0.25) is 5.91 Å². The molecule has 0 atom stereocenters. The van der Waals surface area contributed by atoms with Gasteiger partial charge in [0.15, 0.2) is 0 Å². The van der Waals surface area contributed by atoms with Crippen LogP contribution in [0.5, 0.6) is 0 Å². The van der Waals surface area contributed by atoms with Crippen LogP contribution in [0.25, 0.3) is 0 Å². The molecular weight excluding hydrogens is 321 g/mol. The maximum absolute atomic E-state index is 12.5. The summed E-state index contributed by atoms with van der Waals surface area (Å²) < 4.78 is 37.6. The van der Waals surface area contributed by atoms with E-state index in [4.69, 9.17) is 0 Å². The van der Waals surface area contributed by atoms with Gasteiger partial charge in [-0.05, 0) is 30.7 Å². The highest BCUT2D eigenvalue weighted by atomic mass is 19.4. The summed E-state index contributed by atoms with van der Waals surface area (Å²) in [5.41, 5.74) is -0.564. The quantitative estimate of drug-likeness (QED) is 0.791. The van der Waals surface area contributed by atoms with Gasteiger partial charge in [-0.2, -0.15) is 13.2 Å². The topological polar surface area (TPSA) is 40.6 Å². The largest absolute Gasteiger partial charge is 0.416 e. The first-order valence-corrected chi connectivity index (χ1v) is 7.68. The van der Waals surface area contributed by atoms with E-state index < -0.39 is 11.7 Å². The van der Waals surface area contributed by atoms with Crippen LogP contribution in [0.15, 0.2) is 36.9 Å². The van der Waals surface area contributed by atoms with E-state index in [2.05, 4.69) is 6.58 Å². The molecule has 24 heavy (non-hydrogen) atoms. The van der Waals surface area contributed by atoms with Gasteiger partial charge < -0.3 is 9.80 Å². The number of amides is 2. The van der Waals surface area contributed by atoms with Gasteiger partial charge in [-0.25, -0.2) is 0 Å². The lowest BCUT2D eigenvalue weighted by Crippen LogP contribution is -2.50. The molecule has 0 bridgehead atoms. The minimum Gasteiger partial charge on any atom is -0.339 e. The first-order valence-electron chi connectivity index (χ1n) is 7.68. The number of nitrogens with zero attached hydrogens (tertiary/aromatic N) is 2. The fraction of sp³-hybridized carbons (Fsp3) is 0.412. The third kappa shape index (κ3) is 4.37. The van der Waals surface area contributed by atoms with E-state index in [0.717, 1.165) is 12.1 Å². The number of benzene rings is 1. The van der Waals surface area contributed by atoms with Gasteiger partial charge in [0.05, 0.1) is 5.56 Å². The average molecular weight is 340 g/mol. The molecule has 1 aliphatic heterocycles. The van der Waals surface area contributed by atoms with Gasteiger partial charge in [0.1, 0.15) is 0 Å². The number of allylic oxidation sites excluding steroid dienone is 1. The summed E-state index contributed by atoms with van der Waals surface area (Å²) >= 11 is 0. The molecule has 0 N–H and O–H groups in total. The second-order valence-electron chi connectivity index (χ2n) is 5.58. The summed E-state index contributed by atoms with van der Waals surface area (Å²) in [4.78, 5) is 27.5. The number of hydrogen-bond donors (Lipinski definition) is 0. The molecule has 1 heterocycles. The lowest BCUT2D eigenvalue weighted by atomic mass is 10.1. The molecule has 2 rings (SSSR count). The van der Waals surface area contributed by atoms with Crippen LogP contribution in [-0.4, -0.2) is 47.8 Å². The molecule has 0 aromatic heterocycles. The second-order valence-corrected chi connectivity index (χ2v) is 5.58. The van der Waals surface area contributed by atoms with Crippen molar-refractivity contribution < 1.29 is 22.8 Å². The molecule has 1 aromatic carbocycles. The highest BCUT2D eigenvalue weighted by molar-refractivity contribution is 5.94. The molecule has 4 nitrogen and oxygen atoms in total. The Morgan fingerprint density at radius 1 is 1.04 bits per heavy atom. The molecular formula is C17H19F3N2O2. The van der Waals surface area contributed by atoms with Crippen molar-refractivity contribution in [3.63, 3.8) is 0 Å². The summed E-state index contributed by atoms with van der Waals surface area (Å²) in [5.74, 6) is -0.293. The summed E-state index contributed by atoms with van der Waals surface area (Å²) in [6.07, 6.45) is -1.72. The van der Waals surface area contributed by atoms with E-state index in [-0.39, 0.29) is 17.4 Å². The lowest BCUT2D eigenvalue weighted by molar-refractivity contribution is -0.137. The minimum atomic E-state index is -4.42. The maximum atomic E-state index is 12.5. The number of carbonyl (C=O) groups is 2. The van der Waals surface area contributed by atoms with Crippen LogP contribution in [0, 0.1) is 0 Å². The van der Waals surface area contributed by atoms with Crippen LogP contribution in [0.4, 0.5) is 13.2 Å². The smallest absolute Gasteiger partial charge is 0.339 e. The molecule has 0 spiro atoms. The maximum Gasteiger partial charge on any atom is 0.416 e. The van der Waals surface area contributed by atoms with Crippen molar-refractivity contribution >= 4 is 11.8 Å². The number of piperazine rings is 1. The zero-order valence-corrected chi connectivity index (χ0v) is 13.2. The zero-order valence-electron chi connectivity index (χ0n) is 13.2. The van der Waals surface area contributed by atoms with Crippen LogP contribution >= 0.6 is 0 Å². The number of halogens is 3. The summed E-state index contributed by atoms with van der Waals surface area (Å²) in [7, 11) is 0. The molecule has 1 fully saturated rings. The Labute approximate surface area is 138 Å². The summed E-state index contributed by atoms with van der Waals surface area (Å²) in [6.45, 7) is 5.19. The van der Waals surface area contributed by atoms with Crippen LogP contribution in [0.1, 0.15) is 28.8 Å². The average Bonchev–Trinajstić information content (AvgIpc) is 2.58. The zero-order chi connectivity index (χ0) is 17.7. The Morgan fingerprint density at radius 3 is 2.08 bits per heavy atom. The van der Waals surface area contributed by atoms with Crippen molar-refractivity contribution in [1.82, 2.24) is 9.80 Å². The third-order valence-electron chi connectivity index (χ3n) is 3.94. The van der Waals surface area contributed by atoms with E-state index in [1.54, 1.807) is 15.9 Å². The minimum absolute atomic E-state index is 0.0246. The highest BCUT2D eigenvalue weighted by Crippen LogP contribution is 2.29. The van der Waals surface area contributed by atoms with Crippen molar-refractivity contribution in [2.24, 2.45) is 0 Å². The predicted octanol–water partition coefficient (Wildman–Crippen LogP) is 2.96. The Hall–Kier alpha value is -2.31. The number of alkyl halides is 3. The molecule has 130 valence electrons. The Morgan fingerprint density at radius 2 is 1.58 bits per heavy atom. The number of rotatable bonds is 4. The Kier molecular flexibility index (Phi) is 5.64. The molecule has 1 aliphatic rings. The van der Waals surface area contributed by atoms with Gasteiger partial charge >= 0.3 is 6.18 Å². The van der Waals surface area contributed by atoms with Gasteiger partial charge in [0, 0.05) is 38.2 Å². The van der Waals surface area contributed by atoms with Crippen LogP contribution in [0.2, 0.25) is 0 Å². The van der Waals surface area contributed by atoms with Gasteiger partial charge in [0.25, 0.3) is 5.91 Å².